The molecule has 4 rings (SSSR count). The van der Waals surface area contributed by atoms with E-state index in [0.29, 0.717) is 18.0 Å². The Labute approximate surface area is 188 Å². The first kappa shape index (κ1) is 21.4. The van der Waals surface area contributed by atoms with E-state index in [9.17, 15) is 4.79 Å². The highest BCUT2D eigenvalue weighted by Gasteiger charge is 2.17. The first-order chi connectivity index (χ1) is 15.4. The van der Waals surface area contributed by atoms with Gasteiger partial charge in [0.05, 0.1) is 11.2 Å². The Morgan fingerprint density at radius 1 is 0.906 bits per heavy atom. The van der Waals surface area contributed by atoms with Crippen LogP contribution >= 0.6 is 0 Å². The molecule has 5 nitrogen and oxygen atoms in total. The molecular weight excluding hydrogens is 400 g/mol. The lowest BCUT2D eigenvalue weighted by molar-refractivity contribution is 0.0636. The van der Waals surface area contributed by atoms with Crippen LogP contribution in [0.1, 0.15) is 26.3 Å². The van der Waals surface area contributed by atoms with E-state index < -0.39 is 11.7 Å². The van der Waals surface area contributed by atoms with Gasteiger partial charge in [0, 0.05) is 22.7 Å². The van der Waals surface area contributed by atoms with E-state index in [1.165, 1.54) is 0 Å². The summed E-state index contributed by atoms with van der Waals surface area (Å²) in [4.78, 5) is 17.0. The van der Waals surface area contributed by atoms with Crippen molar-refractivity contribution >= 4 is 22.7 Å². The van der Waals surface area contributed by atoms with E-state index in [0.717, 1.165) is 27.7 Å². The molecule has 1 amide bonds. The molecule has 1 N–H and O–H groups in total. The molecule has 0 spiro atoms. The number of fused-ring (bicyclic) bond motifs is 1. The molecule has 162 valence electrons. The maximum atomic E-state index is 12.2. The van der Waals surface area contributed by atoms with Crippen molar-refractivity contribution in [3.8, 4) is 17.0 Å². The number of ether oxygens (including phenoxy) is 2. The summed E-state index contributed by atoms with van der Waals surface area (Å²) in [6.07, 6.45) is -0.502. The van der Waals surface area contributed by atoms with Crippen LogP contribution < -0.4 is 10.1 Å². The number of pyridine rings is 1. The number of anilines is 1. The van der Waals surface area contributed by atoms with Crippen LogP contribution in [-0.4, -0.2) is 16.7 Å². The van der Waals surface area contributed by atoms with Crippen molar-refractivity contribution in [3.63, 3.8) is 0 Å². The van der Waals surface area contributed by atoms with Crippen molar-refractivity contribution in [1.29, 1.82) is 0 Å². The Bertz CT molecular complexity index is 1220. The largest absolute Gasteiger partial charge is 0.488 e. The highest BCUT2D eigenvalue weighted by molar-refractivity contribution is 5.94. The van der Waals surface area contributed by atoms with Gasteiger partial charge in [0.15, 0.2) is 0 Å². The van der Waals surface area contributed by atoms with Gasteiger partial charge in [-0.3, -0.25) is 5.32 Å². The van der Waals surface area contributed by atoms with Gasteiger partial charge in [0.1, 0.15) is 18.0 Å². The third-order valence-corrected chi connectivity index (χ3v) is 4.72. The Kier molecular flexibility index (Phi) is 6.08. The zero-order valence-corrected chi connectivity index (χ0v) is 18.5. The number of benzene rings is 3. The first-order valence-corrected chi connectivity index (χ1v) is 10.5. The van der Waals surface area contributed by atoms with Crippen LogP contribution in [0, 0.1) is 0 Å². The number of carbonyl (C=O) groups is 1. The van der Waals surface area contributed by atoms with Gasteiger partial charge in [-0.25, -0.2) is 9.78 Å². The number of aromatic nitrogens is 1. The molecular formula is C27H26N2O3. The molecule has 0 atom stereocenters. The predicted molar refractivity (Wildman–Crippen MR) is 128 cm³/mol. The lowest BCUT2D eigenvalue weighted by atomic mass is 10.1. The number of rotatable bonds is 5. The summed E-state index contributed by atoms with van der Waals surface area (Å²) in [6.45, 7) is 5.92. The zero-order chi connectivity index (χ0) is 22.6. The summed E-state index contributed by atoms with van der Waals surface area (Å²) < 4.78 is 11.6. The molecule has 3 aromatic carbocycles. The van der Waals surface area contributed by atoms with Gasteiger partial charge < -0.3 is 9.47 Å². The van der Waals surface area contributed by atoms with Gasteiger partial charge in [-0.2, -0.15) is 0 Å². The second kappa shape index (κ2) is 9.10. The molecule has 0 radical (unpaired) electrons. The van der Waals surface area contributed by atoms with Crippen molar-refractivity contribution in [2.45, 2.75) is 33.0 Å². The van der Waals surface area contributed by atoms with Crippen LogP contribution in [0.15, 0.2) is 84.9 Å². The normalized spacial score (nSPS) is 11.2. The van der Waals surface area contributed by atoms with Crippen LogP contribution in [-0.2, 0) is 11.3 Å². The van der Waals surface area contributed by atoms with Gasteiger partial charge in [-0.15, -0.1) is 0 Å². The highest BCUT2D eigenvalue weighted by atomic mass is 16.6. The van der Waals surface area contributed by atoms with E-state index >= 15 is 0 Å². The fourth-order valence-electron chi connectivity index (χ4n) is 3.31. The number of carbonyl (C=O) groups excluding carboxylic acids is 1. The third-order valence-electron chi connectivity index (χ3n) is 4.72. The zero-order valence-electron chi connectivity index (χ0n) is 18.5. The van der Waals surface area contributed by atoms with Crippen molar-refractivity contribution in [2.24, 2.45) is 0 Å². The van der Waals surface area contributed by atoms with Crippen LogP contribution in [0.3, 0.4) is 0 Å². The minimum absolute atomic E-state index is 0.428. The third kappa shape index (κ3) is 5.43. The van der Waals surface area contributed by atoms with Gasteiger partial charge in [-0.1, -0.05) is 60.7 Å². The number of hydrogen-bond donors (Lipinski definition) is 1. The minimum Gasteiger partial charge on any atom is -0.488 e. The molecule has 1 aromatic heterocycles. The Morgan fingerprint density at radius 2 is 1.59 bits per heavy atom. The molecule has 0 saturated carbocycles. The fraction of sp³-hybridized carbons (Fsp3) is 0.185. The molecule has 0 aliphatic carbocycles. The lowest BCUT2D eigenvalue weighted by Gasteiger charge is -2.20. The Hall–Kier alpha value is -3.86. The van der Waals surface area contributed by atoms with Crippen LogP contribution in [0.2, 0.25) is 0 Å². The van der Waals surface area contributed by atoms with E-state index in [-0.39, 0.29) is 0 Å². The Morgan fingerprint density at radius 3 is 2.28 bits per heavy atom. The molecule has 0 fully saturated rings. The van der Waals surface area contributed by atoms with E-state index in [1.54, 1.807) is 0 Å². The average molecular weight is 427 g/mol. The molecule has 5 heteroatoms. The molecule has 32 heavy (non-hydrogen) atoms. The number of hydrogen-bond acceptors (Lipinski definition) is 4. The lowest BCUT2D eigenvalue weighted by Crippen LogP contribution is -2.27. The summed E-state index contributed by atoms with van der Waals surface area (Å²) >= 11 is 0. The second-order valence-corrected chi connectivity index (χ2v) is 8.50. The molecule has 0 aliphatic rings. The van der Waals surface area contributed by atoms with Crippen molar-refractivity contribution in [3.05, 3.63) is 90.5 Å². The molecule has 0 saturated heterocycles. The number of amides is 1. The highest BCUT2D eigenvalue weighted by Crippen LogP contribution is 2.32. The topological polar surface area (TPSA) is 60.5 Å². The molecule has 0 aliphatic heterocycles. The van der Waals surface area contributed by atoms with Crippen molar-refractivity contribution in [1.82, 2.24) is 4.98 Å². The first-order valence-electron chi connectivity index (χ1n) is 10.5. The summed E-state index contributed by atoms with van der Waals surface area (Å²) in [6, 6.07) is 27.5. The van der Waals surface area contributed by atoms with Gasteiger partial charge >= 0.3 is 6.09 Å². The second-order valence-electron chi connectivity index (χ2n) is 8.50. The monoisotopic (exact) mass is 426 g/mol. The van der Waals surface area contributed by atoms with Gasteiger partial charge in [0.25, 0.3) is 0 Å². The maximum Gasteiger partial charge on any atom is 0.412 e. The molecule has 1 heterocycles. The quantitative estimate of drug-likeness (QED) is 0.380. The molecule has 0 unspecified atom stereocenters. The van der Waals surface area contributed by atoms with Gasteiger partial charge in [0.2, 0.25) is 0 Å². The number of nitrogens with zero attached hydrogens (tertiary/aromatic N) is 1. The van der Waals surface area contributed by atoms with Crippen LogP contribution in [0.4, 0.5) is 10.5 Å². The van der Waals surface area contributed by atoms with Gasteiger partial charge in [-0.05, 0) is 44.5 Å². The summed E-state index contributed by atoms with van der Waals surface area (Å²) in [5.74, 6) is 0.700. The summed E-state index contributed by atoms with van der Waals surface area (Å²) in [7, 11) is 0. The maximum absolute atomic E-state index is 12.2. The number of nitrogens with one attached hydrogen (secondary N) is 1. The molecule has 0 bridgehead atoms. The SMILES string of the molecule is CC(C)(C)OC(=O)Nc1ccc2nc(-c3ccccc3)cc(OCc3ccccc3)c2c1. The van der Waals surface area contributed by atoms with E-state index in [1.807, 2.05) is 106 Å². The average Bonchev–Trinajstić information content (AvgIpc) is 2.77. The minimum atomic E-state index is -0.572. The molecule has 4 aromatic rings. The smallest absolute Gasteiger partial charge is 0.412 e. The van der Waals surface area contributed by atoms with Crippen LogP contribution in [0.5, 0.6) is 5.75 Å². The van der Waals surface area contributed by atoms with E-state index in [4.69, 9.17) is 14.5 Å². The van der Waals surface area contributed by atoms with Crippen molar-refractivity contribution < 1.29 is 14.3 Å². The predicted octanol–water partition coefficient (Wildman–Crippen LogP) is 6.83. The summed E-state index contributed by atoms with van der Waals surface area (Å²) in [5.41, 5.74) is 3.73. The van der Waals surface area contributed by atoms with Crippen LogP contribution in [0.25, 0.3) is 22.2 Å². The summed E-state index contributed by atoms with van der Waals surface area (Å²) in [5, 5.41) is 3.61. The standard InChI is InChI=1S/C27H26N2O3/c1-27(2,3)32-26(30)28-21-14-15-23-22(16-21)25(31-18-19-10-6-4-7-11-19)17-24(29-23)20-12-8-5-9-13-20/h4-17H,18H2,1-3H3,(H,28,30). The van der Waals surface area contributed by atoms with Crippen molar-refractivity contribution in [2.75, 3.05) is 5.32 Å². The fourth-order valence-corrected chi connectivity index (χ4v) is 3.31. The Balaban J connectivity index is 1.70. The van der Waals surface area contributed by atoms with E-state index in [2.05, 4.69) is 5.32 Å².